The maximum Gasteiger partial charge on any atom is 0.242 e. The first-order valence-corrected chi connectivity index (χ1v) is 8.62. The summed E-state index contributed by atoms with van der Waals surface area (Å²) in [4.78, 5) is 0.199. The molecule has 7 heteroatoms. The summed E-state index contributed by atoms with van der Waals surface area (Å²) in [7, 11) is -3.52. The molecular formula is C11H14Br2N2O2S. The molecule has 0 aromatic heterocycles. The van der Waals surface area contributed by atoms with E-state index in [2.05, 4.69) is 43.5 Å². The first kappa shape index (κ1) is 14.3. The SMILES string of the molecule is CC1CC1CNS(=O)(=O)c1c(Br)cc(N)cc1Br. The van der Waals surface area contributed by atoms with Crippen LogP contribution in [0.3, 0.4) is 0 Å². The van der Waals surface area contributed by atoms with Crippen LogP contribution in [-0.4, -0.2) is 15.0 Å². The molecule has 3 N–H and O–H groups in total. The predicted octanol–water partition coefficient (Wildman–Crippen LogP) is 2.73. The Hall–Kier alpha value is -0.110. The Bertz CT molecular complexity index is 551. The van der Waals surface area contributed by atoms with E-state index in [0.717, 1.165) is 6.42 Å². The standard InChI is InChI=1S/C11H14Br2N2O2S/c1-6-2-7(6)5-15-18(16,17)11-9(12)3-8(14)4-10(11)13/h3-4,6-7,15H,2,5,14H2,1H3. The molecule has 1 aliphatic rings. The number of nitrogens with two attached hydrogens (primary N) is 1. The fourth-order valence-corrected chi connectivity index (χ4v) is 5.52. The van der Waals surface area contributed by atoms with Crippen molar-refractivity contribution in [3.05, 3.63) is 21.1 Å². The number of hydrogen-bond donors (Lipinski definition) is 2. The molecule has 0 bridgehead atoms. The van der Waals surface area contributed by atoms with Gasteiger partial charge in [0.15, 0.2) is 0 Å². The second-order valence-electron chi connectivity index (χ2n) is 4.64. The van der Waals surface area contributed by atoms with Crippen molar-refractivity contribution in [1.29, 1.82) is 0 Å². The van der Waals surface area contributed by atoms with Crippen molar-refractivity contribution in [3.8, 4) is 0 Å². The molecule has 1 aromatic rings. The molecule has 1 aliphatic carbocycles. The van der Waals surface area contributed by atoms with Gasteiger partial charge in [0, 0.05) is 21.2 Å². The molecule has 100 valence electrons. The van der Waals surface area contributed by atoms with Gasteiger partial charge in [-0.3, -0.25) is 0 Å². The molecule has 2 rings (SSSR count). The summed E-state index contributed by atoms with van der Waals surface area (Å²) in [6.07, 6.45) is 1.09. The van der Waals surface area contributed by atoms with Crippen LogP contribution in [0.2, 0.25) is 0 Å². The van der Waals surface area contributed by atoms with E-state index in [-0.39, 0.29) is 4.90 Å². The van der Waals surface area contributed by atoms with Crippen molar-refractivity contribution in [2.75, 3.05) is 12.3 Å². The minimum atomic E-state index is -3.52. The average Bonchev–Trinajstić information content (AvgIpc) is 2.89. The highest BCUT2D eigenvalue weighted by atomic mass is 79.9. The lowest BCUT2D eigenvalue weighted by Gasteiger charge is -2.11. The number of nitrogens with one attached hydrogen (secondary N) is 1. The van der Waals surface area contributed by atoms with Gasteiger partial charge >= 0.3 is 0 Å². The number of halogens is 2. The van der Waals surface area contributed by atoms with Crippen LogP contribution in [0.5, 0.6) is 0 Å². The minimum Gasteiger partial charge on any atom is -0.399 e. The van der Waals surface area contributed by atoms with Crippen LogP contribution in [-0.2, 0) is 10.0 Å². The zero-order chi connectivity index (χ0) is 13.5. The van der Waals surface area contributed by atoms with Crippen molar-refractivity contribution in [1.82, 2.24) is 4.72 Å². The summed E-state index contributed by atoms with van der Waals surface area (Å²) < 4.78 is 28.0. The molecule has 0 spiro atoms. The highest BCUT2D eigenvalue weighted by Crippen LogP contribution is 2.38. The molecule has 1 aromatic carbocycles. The van der Waals surface area contributed by atoms with Gasteiger partial charge in [0.1, 0.15) is 4.90 Å². The number of benzene rings is 1. The topological polar surface area (TPSA) is 72.2 Å². The van der Waals surface area contributed by atoms with Gasteiger partial charge in [-0.1, -0.05) is 6.92 Å². The normalized spacial score (nSPS) is 23.1. The quantitative estimate of drug-likeness (QED) is 0.767. The van der Waals surface area contributed by atoms with E-state index < -0.39 is 10.0 Å². The molecule has 0 aliphatic heterocycles. The summed E-state index contributed by atoms with van der Waals surface area (Å²) in [5, 5.41) is 0. The van der Waals surface area contributed by atoms with Crippen LogP contribution in [0.4, 0.5) is 5.69 Å². The van der Waals surface area contributed by atoms with Crippen LogP contribution in [0, 0.1) is 11.8 Å². The highest BCUT2D eigenvalue weighted by molar-refractivity contribution is 9.11. The Morgan fingerprint density at radius 3 is 2.33 bits per heavy atom. The van der Waals surface area contributed by atoms with E-state index in [1.54, 1.807) is 12.1 Å². The van der Waals surface area contributed by atoms with Gasteiger partial charge in [-0.2, -0.15) is 0 Å². The zero-order valence-electron chi connectivity index (χ0n) is 9.78. The highest BCUT2D eigenvalue weighted by Gasteiger charge is 2.34. The number of rotatable bonds is 4. The molecule has 2 unspecified atom stereocenters. The van der Waals surface area contributed by atoms with E-state index >= 15 is 0 Å². The molecule has 1 fully saturated rings. The summed E-state index contributed by atoms with van der Waals surface area (Å²) >= 11 is 6.48. The van der Waals surface area contributed by atoms with Crippen LogP contribution in [0.1, 0.15) is 13.3 Å². The first-order chi connectivity index (χ1) is 8.31. The maximum absolute atomic E-state index is 12.2. The number of nitrogen functional groups attached to an aromatic ring is 1. The van der Waals surface area contributed by atoms with Gasteiger partial charge in [-0.05, 0) is 62.2 Å². The third-order valence-corrected chi connectivity index (χ3v) is 6.40. The smallest absolute Gasteiger partial charge is 0.242 e. The van der Waals surface area contributed by atoms with Gasteiger partial charge in [-0.15, -0.1) is 0 Å². The lowest BCUT2D eigenvalue weighted by atomic mass is 10.3. The maximum atomic E-state index is 12.2. The van der Waals surface area contributed by atoms with Gasteiger partial charge in [0.2, 0.25) is 10.0 Å². The number of hydrogen-bond acceptors (Lipinski definition) is 3. The molecule has 0 radical (unpaired) electrons. The molecule has 18 heavy (non-hydrogen) atoms. The predicted molar refractivity (Wildman–Crippen MR) is 78.7 cm³/mol. The molecular weight excluding hydrogens is 384 g/mol. The molecule has 1 saturated carbocycles. The largest absolute Gasteiger partial charge is 0.399 e. The van der Waals surface area contributed by atoms with Crippen molar-refractivity contribution in [2.45, 2.75) is 18.2 Å². The van der Waals surface area contributed by atoms with Crippen LogP contribution >= 0.6 is 31.9 Å². The molecule has 0 saturated heterocycles. The third kappa shape index (κ3) is 3.07. The summed E-state index contributed by atoms with van der Waals surface area (Å²) in [5.41, 5.74) is 6.15. The molecule has 4 nitrogen and oxygen atoms in total. The number of anilines is 1. The first-order valence-electron chi connectivity index (χ1n) is 5.55. The summed E-state index contributed by atoms with van der Waals surface area (Å²) in [5.74, 6) is 1.08. The fraction of sp³-hybridized carbons (Fsp3) is 0.455. The zero-order valence-corrected chi connectivity index (χ0v) is 13.8. The van der Waals surface area contributed by atoms with Gasteiger partial charge < -0.3 is 5.73 Å². The molecule has 0 heterocycles. The Kier molecular flexibility index (Phi) is 4.06. The van der Waals surface area contributed by atoms with Crippen LogP contribution in [0.25, 0.3) is 0 Å². The van der Waals surface area contributed by atoms with E-state index in [9.17, 15) is 8.42 Å². The Morgan fingerprint density at radius 2 is 1.89 bits per heavy atom. The third-order valence-electron chi connectivity index (χ3n) is 3.10. The summed E-state index contributed by atoms with van der Waals surface area (Å²) in [6.45, 7) is 2.61. The second-order valence-corrected chi connectivity index (χ2v) is 8.05. The second kappa shape index (κ2) is 5.11. The molecule has 0 amide bonds. The summed E-state index contributed by atoms with van der Waals surface area (Å²) in [6, 6.07) is 3.16. The van der Waals surface area contributed by atoms with E-state index in [1.165, 1.54) is 0 Å². The average molecular weight is 398 g/mol. The Morgan fingerprint density at radius 1 is 1.39 bits per heavy atom. The minimum absolute atomic E-state index is 0.199. The Labute approximate surface area is 124 Å². The van der Waals surface area contributed by atoms with Crippen molar-refractivity contribution < 1.29 is 8.42 Å². The van der Waals surface area contributed by atoms with Crippen LogP contribution in [0.15, 0.2) is 26.0 Å². The van der Waals surface area contributed by atoms with Crippen molar-refractivity contribution >= 4 is 47.6 Å². The van der Waals surface area contributed by atoms with Crippen LogP contribution < -0.4 is 10.5 Å². The Balaban J connectivity index is 2.24. The van der Waals surface area contributed by atoms with Gasteiger partial charge in [0.25, 0.3) is 0 Å². The monoisotopic (exact) mass is 396 g/mol. The van der Waals surface area contributed by atoms with E-state index in [4.69, 9.17) is 5.73 Å². The fourth-order valence-electron chi connectivity index (χ4n) is 1.81. The van der Waals surface area contributed by atoms with Gasteiger partial charge in [-0.25, -0.2) is 13.1 Å². The lowest BCUT2D eigenvalue weighted by Crippen LogP contribution is -2.27. The van der Waals surface area contributed by atoms with E-state index in [1.807, 2.05) is 0 Å². The van der Waals surface area contributed by atoms with Gasteiger partial charge in [0.05, 0.1) is 0 Å². The lowest BCUT2D eigenvalue weighted by molar-refractivity contribution is 0.573. The van der Waals surface area contributed by atoms with E-state index in [0.29, 0.717) is 33.0 Å². The molecule has 2 atom stereocenters. The number of sulfonamides is 1. The van der Waals surface area contributed by atoms with Crippen molar-refractivity contribution in [3.63, 3.8) is 0 Å². The van der Waals surface area contributed by atoms with Crippen molar-refractivity contribution in [2.24, 2.45) is 11.8 Å².